The normalized spacial score (nSPS) is 13.4. The number of fused-ring (bicyclic) bond motifs is 6. The molecule has 0 N–H and O–H groups in total. The van der Waals surface area contributed by atoms with Gasteiger partial charge in [0.15, 0.2) is 22.5 Å². The Labute approximate surface area is 485 Å². The Balaban J connectivity index is 1.83. The van der Waals surface area contributed by atoms with Crippen LogP contribution in [0, 0.1) is 0 Å². The van der Waals surface area contributed by atoms with Crippen LogP contribution in [0.5, 0.6) is 0 Å². The molecular weight excluding hydrogens is 1070 g/mol. The topological polar surface area (TPSA) is 124 Å². The molecule has 0 saturated heterocycles. The molecular formula is C57H90N21P3. The van der Waals surface area contributed by atoms with Gasteiger partial charge in [0.25, 0.3) is 0 Å². The lowest BCUT2D eigenvalue weighted by Crippen LogP contribution is -2.30. The maximum absolute atomic E-state index is 5.84. The van der Waals surface area contributed by atoms with E-state index in [0.29, 0.717) is 52.0 Å². The van der Waals surface area contributed by atoms with Crippen LogP contribution in [0.25, 0.3) is 0 Å². The van der Waals surface area contributed by atoms with Crippen LogP contribution >= 0.6 is 22.5 Å². The second-order valence-electron chi connectivity index (χ2n) is 22.4. The van der Waals surface area contributed by atoms with E-state index in [9.17, 15) is 0 Å². The molecule has 0 atom stereocenters. The van der Waals surface area contributed by atoms with Crippen molar-refractivity contribution in [2.24, 2.45) is 14.2 Å². The Morgan fingerprint density at radius 2 is 0.420 bits per heavy atom. The molecule has 0 amide bonds. The zero-order chi connectivity index (χ0) is 59.8. The highest BCUT2D eigenvalue weighted by Crippen LogP contribution is 2.61. The van der Waals surface area contributed by atoms with Crippen LogP contribution in [-0.4, -0.2) is 226 Å². The van der Waals surface area contributed by atoms with E-state index in [-0.39, 0.29) is 0 Å². The van der Waals surface area contributed by atoms with E-state index in [2.05, 4.69) is 350 Å². The van der Waals surface area contributed by atoms with Crippen LogP contribution in [0.4, 0.5) is 86.1 Å². The number of hydrogen-bond donors (Lipinski definition) is 0. The van der Waals surface area contributed by atoms with Gasteiger partial charge in [-0.2, -0.15) is 0 Å². The molecule has 0 saturated carbocycles. The quantitative estimate of drug-likeness (QED) is 0.0756. The first kappa shape index (κ1) is 62.8. The summed E-state index contributed by atoms with van der Waals surface area (Å²) in [5.74, 6) is 3.49. The number of benzene rings is 3. The van der Waals surface area contributed by atoms with Crippen molar-refractivity contribution in [1.82, 2.24) is 57.0 Å². The Bertz CT molecular complexity index is 2810. The van der Waals surface area contributed by atoms with Gasteiger partial charge in [-0.3, -0.25) is 56.7 Å². The molecule has 7 rings (SSSR count). The number of pyridine rings is 3. The molecule has 0 fully saturated rings. The van der Waals surface area contributed by atoms with Crippen molar-refractivity contribution in [3.8, 4) is 0 Å². The van der Waals surface area contributed by atoms with E-state index in [4.69, 9.17) is 29.2 Å². The molecule has 6 bridgehead atoms. The van der Waals surface area contributed by atoms with Crippen molar-refractivity contribution < 1.29 is 0 Å². The summed E-state index contributed by atoms with van der Waals surface area (Å²) in [6, 6.07) is 38.1. The largest absolute Gasteiger partial charge is 0.378 e. The van der Waals surface area contributed by atoms with E-state index in [1.165, 1.54) is 0 Å². The van der Waals surface area contributed by atoms with Gasteiger partial charge in [0.1, 0.15) is 34.9 Å². The van der Waals surface area contributed by atoms with E-state index < -0.39 is 22.5 Å². The third kappa shape index (κ3) is 12.3. The van der Waals surface area contributed by atoms with Crippen molar-refractivity contribution in [3.05, 3.63) is 109 Å². The summed E-state index contributed by atoms with van der Waals surface area (Å²) >= 11 is 0. The average Bonchev–Trinajstić information content (AvgIpc) is 3.58. The molecule has 1 aliphatic rings. The molecule has 3 aromatic carbocycles. The van der Waals surface area contributed by atoms with Crippen LogP contribution in [0.2, 0.25) is 0 Å². The van der Waals surface area contributed by atoms with E-state index in [1.54, 1.807) is 0 Å². The molecule has 6 aromatic rings. The minimum absolute atomic E-state index is 0.582. The summed E-state index contributed by atoms with van der Waals surface area (Å²) < 4.78 is 37.6. The van der Waals surface area contributed by atoms with Gasteiger partial charge in [-0.15, -0.1) is 0 Å². The van der Waals surface area contributed by atoms with E-state index >= 15 is 0 Å². The lowest BCUT2D eigenvalue weighted by Gasteiger charge is -2.41. The van der Waals surface area contributed by atoms with Gasteiger partial charge in [-0.1, -0.05) is 0 Å². The Hall–Kier alpha value is -5.76. The first-order valence-electron chi connectivity index (χ1n) is 26.8. The highest BCUT2D eigenvalue weighted by atomic mass is 31.2. The van der Waals surface area contributed by atoms with Gasteiger partial charge in [-0.25, -0.2) is 29.2 Å². The van der Waals surface area contributed by atoms with Gasteiger partial charge < -0.3 is 14.7 Å². The van der Waals surface area contributed by atoms with Crippen molar-refractivity contribution in [1.29, 1.82) is 0 Å². The maximum atomic E-state index is 5.84. The molecule has 1 aliphatic heterocycles. The molecule has 3 aromatic heterocycles. The monoisotopic (exact) mass is 1160 g/mol. The highest BCUT2D eigenvalue weighted by molar-refractivity contribution is 7.59. The van der Waals surface area contributed by atoms with Crippen LogP contribution in [0.15, 0.2) is 123 Å². The predicted molar refractivity (Wildman–Crippen MR) is 351 cm³/mol. The minimum atomic E-state index is -2.57. The van der Waals surface area contributed by atoms with Gasteiger partial charge in [-0.05, 0) is 200 Å². The molecule has 438 valence electrons. The smallest absolute Gasteiger partial charge is 0.171 e. The number of anilines is 12. The second-order valence-corrected chi connectivity index (χ2v) is 33.4. The first-order valence-corrected chi connectivity index (χ1v) is 31.6. The summed E-state index contributed by atoms with van der Waals surface area (Å²) in [7, 11) is 42.4. The maximum Gasteiger partial charge on any atom is 0.171 e. The first-order chi connectivity index (χ1) is 38.0. The fourth-order valence-electron chi connectivity index (χ4n) is 10.7. The van der Waals surface area contributed by atoms with Crippen molar-refractivity contribution in [2.75, 3.05) is 199 Å². The molecule has 21 nitrogen and oxygen atoms in total. The van der Waals surface area contributed by atoms with Crippen LogP contribution in [-0.2, 0) is 0 Å². The summed E-state index contributed by atoms with van der Waals surface area (Å²) in [5, 5.41) is 0. The molecule has 24 heteroatoms. The summed E-state index contributed by atoms with van der Waals surface area (Å²) in [6.45, 7) is 0. The standard InChI is InChI=1S/C57H90N21P3/c1-64(2)46-25-31-49(32-26-46)76-52-37-43(61-79(67(7)8,68(9)10)69(11)12)39-54(58-52)77(50-33-27-47(28-34-50)65(3)4)56-41-45(63-81(73(19)20,74(21)22)75(23)24)42-57(60-56)78(51-35-29-48(30-36-51)66(5)6)55-40-44(38-53(76)59-55)62-80(70(13)14,71(15)16)72(17)18/h25-42H,1-24H3. The van der Waals surface area contributed by atoms with Crippen molar-refractivity contribution >= 4 is 109 Å². The van der Waals surface area contributed by atoms with Crippen molar-refractivity contribution in [3.63, 3.8) is 0 Å². The SMILES string of the molecule is CN(C)c1ccc(N2c3cc(N=P(N(C)C)(N(C)C)N(C)C)cc(n3)N(c3ccc(N(C)C)cc3)c3cc(N=P(N(C)C)(N(C)C)N(C)C)cc(n3)N(c3ccc(N(C)C)cc3)c3cc(N=P(N(C)C)(N(C)C)N(C)C)cc2n3)cc1. The Kier molecular flexibility index (Phi) is 19.4. The predicted octanol–water partition coefficient (Wildman–Crippen LogP) is 12.6. The third-order valence-corrected chi connectivity index (χ3v) is 25.3. The highest BCUT2D eigenvalue weighted by Gasteiger charge is 2.34. The van der Waals surface area contributed by atoms with Crippen LogP contribution in [0.1, 0.15) is 0 Å². The number of rotatable bonds is 18. The Morgan fingerprint density at radius 3 is 0.556 bits per heavy atom. The summed E-state index contributed by atoms with van der Waals surface area (Å²) in [5.41, 5.74) is 7.79. The van der Waals surface area contributed by atoms with Gasteiger partial charge in [0, 0.05) is 113 Å². The van der Waals surface area contributed by atoms with E-state index in [0.717, 1.165) is 34.1 Å². The molecule has 0 aliphatic carbocycles. The lowest BCUT2D eigenvalue weighted by atomic mass is 10.2. The average molecular weight is 1160 g/mol. The zero-order valence-electron chi connectivity index (χ0n) is 52.6. The van der Waals surface area contributed by atoms with Crippen LogP contribution < -0.4 is 29.4 Å². The fraction of sp³-hybridized carbons (Fsp3) is 0.421. The number of nitrogens with zero attached hydrogens (tertiary/aromatic N) is 21. The minimum Gasteiger partial charge on any atom is -0.378 e. The number of hydrogen-bond acceptors (Lipinski definition) is 12. The van der Waals surface area contributed by atoms with Crippen LogP contribution in [0.3, 0.4) is 0 Å². The van der Waals surface area contributed by atoms with Gasteiger partial charge >= 0.3 is 0 Å². The molecule has 0 spiro atoms. The second kappa shape index (κ2) is 25.0. The third-order valence-electron chi connectivity index (χ3n) is 14.2. The fourth-order valence-corrected chi connectivity index (χ4v) is 20.0. The summed E-state index contributed by atoms with van der Waals surface area (Å²) in [4.78, 5) is 30.1. The number of aromatic nitrogens is 3. The lowest BCUT2D eigenvalue weighted by molar-refractivity contribution is 0.474. The molecule has 0 radical (unpaired) electrons. The molecule has 0 unspecified atom stereocenters. The molecule has 4 heterocycles. The van der Waals surface area contributed by atoms with Gasteiger partial charge in [0.05, 0.1) is 17.1 Å². The Morgan fingerprint density at radius 1 is 0.259 bits per heavy atom. The van der Waals surface area contributed by atoms with E-state index in [1.807, 2.05) is 0 Å². The van der Waals surface area contributed by atoms with Gasteiger partial charge in [0.2, 0.25) is 0 Å². The summed E-state index contributed by atoms with van der Waals surface area (Å²) in [6.07, 6.45) is 0. The zero-order valence-corrected chi connectivity index (χ0v) is 55.3. The van der Waals surface area contributed by atoms with Crippen molar-refractivity contribution in [2.45, 2.75) is 0 Å². The molecule has 81 heavy (non-hydrogen) atoms.